The topological polar surface area (TPSA) is 146 Å². The summed E-state index contributed by atoms with van der Waals surface area (Å²) in [6.07, 6.45) is 5.65. The highest BCUT2D eigenvalue weighted by Crippen LogP contribution is 2.55. The van der Waals surface area contributed by atoms with Crippen molar-refractivity contribution in [2.75, 3.05) is 55.6 Å². The first-order chi connectivity index (χ1) is 28.3. The lowest BCUT2D eigenvalue weighted by Crippen LogP contribution is -2.42. The van der Waals surface area contributed by atoms with E-state index < -0.39 is 17.9 Å². The Labute approximate surface area is 337 Å². The van der Waals surface area contributed by atoms with Crippen molar-refractivity contribution >= 4 is 23.7 Å². The molecule has 1 amide bonds. The van der Waals surface area contributed by atoms with Gasteiger partial charge in [-0.25, -0.2) is 0 Å². The van der Waals surface area contributed by atoms with Crippen LogP contribution in [0.15, 0.2) is 72.8 Å². The van der Waals surface area contributed by atoms with Crippen LogP contribution in [0.3, 0.4) is 0 Å². The second-order valence-electron chi connectivity index (χ2n) is 14.1. The first-order valence-corrected chi connectivity index (χ1v) is 19.1. The Bertz CT molecular complexity index is 2160. The van der Waals surface area contributed by atoms with Gasteiger partial charge < -0.3 is 47.9 Å². The van der Waals surface area contributed by atoms with Gasteiger partial charge in [-0.05, 0) is 109 Å². The number of unbranched alkanes of at least 4 members (excludes halogenated alkanes) is 2. The Hall–Kier alpha value is -6.37. The molecule has 2 heterocycles. The molecule has 0 bridgehead atoms. The zero-order valence-corrected chi connectivity index (χ0v) is 33.2. The predicted octanol–water partition coefficient (Wildman–Crippen LogP) is 7.09. The number of rotatable bonds is 17. The third-order valence-electron chi connectivity index (χ3n) is 10.9. The molecule has 2 aliphatic heterocycles. The van der Waals surface area contributed by atoms with Crippen molar-refractivity contribution in [1.29, 1.82) is 0 Å². The van der Waals surface area contributed by atoms with E-state index >= 15 is 0 Å². The highest BCUT2D eigenvalue weighted by molar-refractivity contribution is 6.07. The van der Waals surface area contributed by atoms with E-state index in [1.165, 1.54) is 13.2 Å². The first kappa shape index (κ1) is 39.8. The second kappa shape index (κ2) is 17.8. The largest absolute Gasteiger partial charge is 0.497 e. The number of carbonyl (C=O) groups is 3. The van der Waals surface area contributed by atoms with Crippen molar-refractivity contribution < 1.29 is 57.0 Å². The molecule has 13 nitrogen and oxygen atoms in total. The number of benzene rings is 4. The van der Waals surface area contributed by atoms with Crippen LogP contribution >= 0.6 is 0 Å². The number of amides is 1. The van der Waals surface area contributed by atoms with Crippen LogP contribution in [0, 0.1) is 11.8 Å². The van der Waals surface area contributed by atoms with E-state index in [2.05, 4.69) is 5.32 Å². The monoisotopic (exact) mass is 793 g/mol. The SMILES string of the molecule is COc1ccc(C(=O)/C=C/c2ccc(OCCCCCC(=O)N[C@@H]3c4cc5c(cc4[C@@H](c4cc(OC)c(OC)c(OC)c4)[C@H]4C(=O)OC[C@@H]43)OCO5)cc2OC)cc1. The summed E-state index contributed by atoms with van der Waals surface area (Å²) in [7, 11) is 7.78. The van der Waals surface area contributed by atoms with Gasteiger partial charge in [-0.15, -0.1) is 0 Å². The van der Waals surface area contributed by atoms with Gasteiger partial charge in [0.25, 0.3) is 0 Å². The van der Waals surface area contributed by atoms with Gasteiger partial charge in [-0.3, -0.25) is 14.4 Å². The molecule has 0 radical (unpaired) electrons. The van der Waals surface area contributed by atoms with Gasteiger partial charge in [0, 0.05) is 35.4 Å². The Morgan fingerprint density at radius 3 is 2.10 bits per heavy atom. The first-order valence-electron chi connectivity index (χ1n) is 19.1. The summed E-state index contributed by atoms with van der Waals surface area (Å²) in [5.74, 6) is 2.42. The zero-order chi connectivity index (χ0) is 40.8. The van der Waals surface area contributed by atoms with Gasteiger partial charge in [0.15, 0.2) is 28.8 Å². The summed E-state index contributed by atoms with van der Waals surface area (Å²) in [6.45, 7) is 0.683. The average Bonchev–Trinajstić information content (AvgIpc) is 3.88. The molecule has 7 rings (SSSR count). The summed E-state index contributed by atoms with van der Waals surface area (Å²) < 4.78 is 50.8. The van der Waals surface area contributed by atoms with Gasteiger partial charge in [-0.1, -0.05) is 0 Å². The maximum atomic E-state index is 13.6. The van der Waals surface area contributed by atoms with Crippen molar-refractivity contribution in [3.8, 4) is 46.0 Å². The molecule has 4 atom stereocenters. The van der Waals surface area contributed by atoms with Crippen LogP contribution < -0.4 is 43.2 Å². The van der Waals surface area contributed by atoms with E-state index in [-0.39, 0.29) is 37.0 Å². The minimum absolute atomic E-state index is 0.0765. The predicted molar refractivity (Wildman–Crippen MR) is 213 cm³/mol. The molecule has 1 saturated heterocycles. The fourth-order valence-electron chi connectivity index (χ4n) is 7.96. The lowest BCUT2D eigenvalue weighted by atomic mass is 9.65. The van der Waals surface area contributed by atoms with Crippen LogP contribution in [-0.4, -0.2) is 73.2 Å². The average molecular weight is 794 g/mol. The minimum atomic E-state index is -0.594. The summed E-state index contributed by atoms with van der Waals surface area (Å²) in [5, 5.41) is 3.25. The normalized spacial score (nSPS) is 18.8. The van der Waals surface area contributed by atoms with E-state index in [0.717, 1.165) is 35.1 Å². The number of fused-ring (bicyclic) bond motifs is 3. The quantitative estimate of drug-likeness (QED) is 0.0504. The van der Waals surface area contributed by atoms with Crippen LogP contribution in [-0.2, 0) is 14.3 Å². The summed E-state index contributed by atoms with van der Waals surface area (Å²) in [5.41, 5.74) is 3.73. The molecule has 0 unspecified atom stereocenters. The maximum absolute atomic E-state index is 13.6. The maximum Gasteiger partial charge on any atom is 0.310 e. The summed E-state index contributed by atoms with van der Waals surface area (Å²) in [6, 6.07) is 19.4. The fraction of sp³-hybridized carbons (Fsp3) is 0.356. The van der Waals surface area contributed by atoms with Crippen LogP contribution in [0.25, 0.3) is 6.08 Å². The molecule has 0 saturated carbocycles. The number of hydrogen-bond acceptors (Lipinski definition) is 12. The molecule has 304 valence electrons. The molecular weight excluding hydrogens is 746 g/mol. The molecular formula is C45H47NO12. The van der Waals surface area contributed by atoms with Crippen molar-refractivity contribution in [3.63, 3.8) is 0 Å². The smallest absolute Gasteiger partial charge is 0.310 e. The number of nitrogens with one attached hydrogen (secondary N) is 1. The van der Waals surface area contributed by atoms with Gasteiger partial charge in [0.1, 0.15) is 17.2 Å². The van der Waals surface area contributed by atoms with Crippen LogP contribution in [0.5, 0.6) is 46.0 Å². The number of allylic oxidation sites excluding steroid dienone is 1. The van der Waals surface area contributed by atoms with Gasteiger partial charge in [0.2, 0.25) is 18.4 Å². The van der Waals surface area contributed by atoms with E-state index in [1.807, 2.05) is 36.4 Å². The zero-order valence-electron chi connectivity index (χ0n) is 33.2. The van der Waals surface area contributed by atoms with Gasteiger partial charge >= 0.3 is 5.97 Å². The summed E-state index contributed by atoms with van der Waals surface area (Å²) >= 11 is 0. The van der Waals surface area contributed by atoms with Gasteiger partial charge in [-0.2, -0.15) is 0 Å². The van der Waals surface area contributed by atoms with Crippen LogP contribution in [0.1, 0.15) is 70.3 Å². The molecule has 4 aromatic carbocycles. The number of ether oxygens (including phenoxy) is 9. The van der Waals surface area contributed by atoms with E-state index in [0.29, 0.717) is 71.0 Å². The van der Waals surface area contributed by atoms with Crippen molar-refractivity contribution in [2.24, 2.45) is 11.8 Å². The van der Waals surface area contributed by atoms with Crippen LogP contribution in [0.2, 0.25) is 0 Å². The summed E-state index contributed by atoms with van der Waals surface area (Å²) in [4.78, 5) is 39.7. The van der Waals surface area contributed by atoms with Crippen LogP contribution in [0.4, 0.5) is 0 Å². The molecule has 58 heavy (non-hydrogen) atoms. The fourth-order valence-corrected chi connectivity index (χ4v) is 7.96. The number of cyclic esters (lactones) is 1. The van der Waals surface area contributed by atoms with E-state index in [4.69, 9.17) is 42.6 Å². The number of esters is 1. The molecule has 0 spiro atoms. The third kappa shape index (κ3) is 8.20. The highest BCUT2D eigenvalue weighted by Gasteiger charge is 2.53. The molecule has 1 aliphatic carbocycles. The van der Waals surface area contributed by atoms with Gasteiger partial charge in [0.05, 0.1) is 60.7 Å². The second-order valence-corrected chi connectivity index (χ2v) is 14.1. The van der Waals surface area contributed by atoms with E-state index in [1.54, 1.807) is 64.8 Å². The number of hydrogen-bond donors (Lipinski definition) is 1. The number of methoxy groups -OCH3 is 5. The van der Waals surface area contributed by atoms with E-state index in [9.17, 15) is 14.4 Å². The lowest BCUT2D eigenvalue weighted by Gasteiger charge is -2.39. The van der Waals surface area contributed by atoms with Crippen molar-refractivity contribution in [3.05, 3.63) is 101 Å². The highest BCUT2D eigenvalue weighted by atomic mass is 16.7. The Morgan fingerprint density at radius 2 is 1.43 bits per heavy atom. The van der Waals surface area contributed by atoms with Crippen molar-refractivity contribution in [2.45, 2.75) is 37.6 Å². The molecule has 4 aromatic rings. The Balaban J connectivity index is 0.974. The molecule has 0 aromatic heterocycles. The lowest BCUT2D eigenvalue weighted by molar-refractivity contribution is -0.141. The molecule has 1 N–H and O–H groups in total. The third-order valence-corrected chi connectivity index (χ3v) is 10.9. The number of ketones is 1. The molecule has 13 heteroatoms. The number of carbonyl (C=O) groups excluding carboxylic acids is 3. The standard InChI is InChI=1S/C45H47NO12/c1-50-29-14-10-26(11-15-29)34(47)17-13-27-12-16-30(21-35(27)51-2)55-18-8-6-7-9-40(48)46-43-32-23-37-36(57-25-58-37)22-31(32)41(42-33(43)24-56-45(42)49)28-19-38(52-3)44(54-5)39(20-28)53-4/h10-17,19-23,33,41-43H,6-9,18,24-25H2,1-5H3,(H,46,48)/b17-13+/t33-,41+,42-,43+/m0/s1. The molecule has 3 aliphatic rings. The van der Waals surface area contributed by atoms with Crippen molar-refractivity contribution in [1.82, 2.24) is 5.32 Å². The molecule has 1 fully saturated rings. The Kier molecular flexibility index (Phi) is 12.3. The minimum Gasteiger partial charge on any atom is -0.497 e. The Morgan fingerprint density at radius 1 is 0.741 bits per heavy atom.